The molecule has 5 nitrogen and oxygen atoms in total. The molecule has 21 heavy (non-hydrogen) atoms. The molecule has 0 fully saturated rings. The van der Waals surface area contributed by atoms with E-state index in [0.717, 1.165) is 10.0 Å². The van der Waals surface area contributed by atoms with Gasteiger partial charge in [0.2, 0.25) is 0 Å². The van der Waals surface area contributed by atoms with E-state index in [1.54, 1.807) is 6.07 Å². The molecule has 2 amide bonds. The lowest BCUT2D eigenvalue weighted by atomic mass is 9.85. The number of carbonyl (C=O) groups is 2. The van der Waals surface area contributed by atoms with Gasteiger partial charge in [0.25, 0.3) is 0 Å². The van der Waals surface area contributed by atoms with E-state index in [4.69, 9.17) is 5.11 Å². The number of hydrogen-bond donors (Lipinski definition) is 3. The largest absolute Gasteiger partial charge is 0.481 e. The fourth-order valence-corrected chi connectivity index (χ4v) is 2.17. The molecule has 0 saturated carbocycles. The predicted molar refractivity (Wildman–Crippen MR) is 86.5 cm³/mol. The molecule has 0 radical (unpaired) electrons. The highest BCUT2D eigenvalue weighted by atomic mass is 79.9. The van der Waals surface area contributed by atoms with Crippen LogP contribution in [0.5, 0.6) is 0 Å². The number of rotatable bonds is 4. The third-order valence-corrected chi connectivity index (χ3v) is 4.10. The topological polar surface area (TPSA) is 78.4 Å². The Hall–Kier alpha value is -1.56. The van der Waals surface area contributed by atoms with Crippen LogP contribution < -0.4 is 10.6 Å². The average Bonchev–Trinajstić information content (AvgIpc) is 2.32. The van der Waals surface area contributed by atoms with Crippen LogP contribution in [-0.4, -0.2) is 23.1 Å². The molecule has 0 aliphatic heterocycles. The molecule has 0 spiro atoms. The van der Waals surface area contributed by atoms with Gasteiger partial charge in [-0.05, 0) is 30.0 Å². The number of anilines is 1. The van der Waals surface area contributed by atoms with Crippen molar-refractivity contribution >= 4 is 33.6 Å². The summed E-state index contributed by atoms with van der Waals surface area (Å²) >= 11 is 3.40. The zero-order valence-corrected chi connectivity index (χ0v) is 14.2. The lowest BCUT2D eigenvalue weighted by Gasteiger charge is -2.30. The van der Waals surface area contributed by atoms with Crippen molar-refractivity contribution in [2.45, 2.75) is 40.2 Å². The number of amides is 2. The van der Waals surface area contributed by atoms with Crippen molar-refractivity contribution < 1.29 is 14.7 Å². The molecule has 1 aromatic carbocycles. The van der Waals surface area contributed by atoms with E-state index in [9.17, 15) is 9.59 Å². The van der Waals surface area contributed by atoms with Gasteiger partial charge in [-0.15, -0.1) is 0 Å². The molecule has 1 unspecified atom stereocenters. The molecular formula is C15H21BrN2O3. The van der Waals surface area contributed by atoms with Crippen LogP contribution in [0, 0.1) is 12.3 Å². The Kier molecular flexibility index (Phi) is 5.78. The third-order valence-electron chi connectivity index (χ3n) is 3.25. The third kappa shape index (κ3) is 5.38. The zero-order valence-electron chi connectivity index (χ0n) is 12.7. The number of carboxylic acid groups (broad SMARTS) is 1. The van der Waals surface area contributed by atoms with Crippen molar-refractivity contribution in [1.29, 1.82) is 0 Å². The Morgan fingerprint density at radius 2 is 1.95 bits per heavy atom. The fraction of sp³-hybridized carbons (Fsp3) is 0.467. The smallest absolute Gasteiger partial charge is 0.319 e. The van der Waals surface area contributed by atoms with E-state index in [-0.39, 0.29) is 11.8 Å². The van der Waals surface area contributed by atoms with E-state index in [2.05, 4.69) is 26.6 Å². The highest BCUT2D eigenvalue weighted by Crippen LogP contribution is 2.24. The number of carboxylic acids is 1. The van der Waals surface area contributed by atoms with Gasteiger partial charge >= 0.3 is 12.0 Å². The van der Waals surface area contributed by atoms with E-state index in [1.165, 1.54) is 0 Å². The van der Waals surface area contributed by atoms with Crippen molar-refractivity contribution in [3.05, 3.63) is 28.2 Å². The van der Waals surface area contributed by atoms with E-state index in [1.807, 2.05) is 39.8 Å². The first-order valence-corrected chi connectivity index (χ1v) is 7.45. The number of nitrogens with one attached hydrogen (secondary N) is 2. The summed E-state index contributed by atoms with van der Waals surface area (Å²) in [5, 5.41) is 14.4. The number of carbonyl (C=O) groups excluding carboxylic acids is 1. The Balaban J connectivity index is 2.79. The highest BCUT2D eigenvalue weighted by molar-refractivity contribution is 9.10. The summed E-state index contributed by atoms with van der Waals surface area (Å²) in [6, 6.07) is 4.65. The van der Waals surface area contributed by atoms with Gasteiger partial charge in [0.1, 0.15) is 0 Å². The van der Waals surface area contributed by atoms with Crippen LogP contribution in [0.4, 0.5) is 10.5 Å². The summed E-state index contributed by atoms with van der Waals surface area (Å²) in [6.07, 6.45) is -0.117. The molecule has 1 rings (SSSR count). The molecule has 0 bridgehead atoms. The lowest BCUT2D eigenvalue weighted by molar-refractivity contribution is -0.138. The van der Waals surface area contributed by atoms with E-state index in [0.29, 0.717) is 5.69 Å². The molecule has 116 valence electrons. The first-order valence-electron chi connectivity index (χ1n) is 6.65. The van der Waals surface area contributed by atoms with Crippen molar-refractivity contribution in [1.82, 2.24) is 5.32 Å². The minimum Gasteiger partial charge on any atom is -0.481 e. The van der Waals surface area contributed by atoms with Gasteiger partial charge in [-0.3, -0.25) is 4.79 Å². The molecule has 0 heterocycles. The zero-order chi connectivity index (χ0) is 16.2. The van der Waals surface area contributed by atoms with Crippen molar-refractivity contribution in [2.24, 2.45) is 5.41 Å². The van der Waals surface area contributed by atoms with Crippen LogP contribution in [0.1, 0.15) is 32.8 Å². The maximum Gasteiger partial charge on any atom is 0.319 e. The molecule has 0 aliphatic carbocycles. The first-order chi connectivity index (χ1) is 9.61. The minimum absolute atomic E-state index is 0.117. The summed E-state index contributed by atoms with van der Waals surface area (Å²) in [5.74, 6) is -0.936. The Morgan fingerprint density at radius 3 is 2.48 bits per heavy atom. The normalized spacial score (nSPS) is 12.6. The van der Waals surface area contributed by atoms with Crippen molar-refractivity contribution in [3.63, 3.8) is 0 Å². The van der Waals surface area contributed by atoms with Crippen LogP contribution in [-0.2, 0) is 4.79 Å². The Labute approximate surface area is 133 Å². The standard InChI is InChI=1S/C15H21BrN2O3/c1-9-10(16)6-5-7-11(9)17-14(21)18-12(8-13(19)20)15(2,3)4/h5-7,12H,8H2,1-4H3,(H,19,20)(H2,17,18,21). The van der Waals surface area contributed by atoms with Crippen LogP contribution in [0.3, 0.4) is 0 Å². The molecule has 0 saturated heterocycles. The molecule has 1 atom stereocenters. The Bertz CT molecular complexity index is 538. The molecule has 6 heteroatoms. The Morgan fingerprint density at radius 1 is 1.33 bits per heavy atom. The molecule has 0 aliphatic rings. The number of benzene rings is 1. The summed E-state index contributed by atoms with van der Waals surface area (Å²) in [7, 11) is 0. The van der Waals surface area contributed by atoms with Gasteiger partial charge in [-0.1, -0.05) is 42.8 Å². The van der Waals surface area contributed by atoms with Gasteiger partial charge in [0.15, 0.2) is 0 Å². The van der Waals surface area contributed by atoms with Crippen LogP contribution >= 0.6 is 15.9 Å². The van der Waals surface area contributed by atoms with Crippen LogP contribution in [0.15, 0.2) is 22.7 Å². The number of halogens is 1. The average molecular weight is 357 g/mol. The predicted octanol–water partition coefficient (Wildman–Crippen LogP) is 3.77. The first kappa shape index (κ1) is 17.5. The number of aliphatic carboxylic acids is 1. The van der Waals surface area contributed by atoms with Gasteiger partial charge in [-0.2, -0.15) is 0 Å². The molecule has 1 aromatic rings. The fourth-order valence-electron chi connectivity index (χ4n) is 1.81. The molecule has 3 N–H and O–H groups in total. The van der Waals surface area contributed by atoms with Gasteiger partial charge < -0.3 is 15.7 Å². The quantitative estimate of drug-likeness (QED) is 0.768. The second kappa shape index (κ2) is 6.93. The summed E-state index contributed by atoms with van der Waals surface area (Å²) < 4.78 is 0.901. The summed E-state index contributed by atoms with van der Waals surface area (Å²) in [4.78, 5) is 23.0. The molecule has 0 aromatic heterocycles. The van der Waals surface area contributed by atoms with Gasteiger partial charge in [-0.25, -0.2) is 4.79 Å². The van der Waals surface area contributed by atoms with Crippen LogP contribution in [0.2, 0.25) is 0 Å². The highest BCUT2D eigenvalue weighted by Gasteiger charge is 2.28. The second-order valence-electron chi connectivity index (χ2n) is 6.03. The van der Waals surface area contributed by atoms with Crippen LogP contribution in [0.25, 0.3) is 0 Å². The van der Waals surface area contributed by atoms with Crippen molar-refractivity contribution in [2.75, 3.05) is 5.32 Å². The van der Waals surface area contributed by atoms with Gasteiger partial charge in [0, 0.05) is 16.2 Å². The summed E-state index contributed by atoms with van der Waals surface area (Å²) in [5.41, 5.74) is 1.25. The van der Waals surface area contributed by atoms with Gasteiger partial charge in [0.05, 0.1) is 6.42 Å². The van der Waals surface area contributed by atoms with E-state index < -0.39 is 18.0 Å². The maximum absolute atomic E-state index is 12.1. The molecular weight excluding hydrogens is 336 g/mol. The summed E-state index contributed by atoms with van der Waals surface area (Å²) in [6.45, 7) is 7.57. The SMILES string of the molecule is Cc1c(Br)cccc1NC(=O)NC(CC(=O)O)C(C)(C)C. The lowest BCUT2D eigenvalue weighted by Crippen LogP contribution is -2.46. The minimum atomic E-state index is -0.936. The second-order valence-corrected chi connectivity index (χ2v) is 6.88. The monoisotopic (exact) mass is 356 g/mol. The number of hydrogen-bond acceptors (Lipinski definition) is 2. The van der Waals surface area contributed by atoms with E-state index >= 15 is 0 Å². The number of urea groups is 1. The van der Waals surface area contributed by atoms with Crippen molar-refractivity contribution in [3.8, 4) is 0 Å². The maximum atomic E-state index is 12.1.